The normalized spacial score (nSPS) is 21.4. The summed E-state index contributed by atoms with van der Waals surface area (Å²) in [6, 6.07) is 3.35. The van der Waals surface area contributed by atoms with Crippen LogP contribution in [0.1, 0.15) is 11.1 Å². The van der Waals surface area contributed by atoms with Crippen LogP contribution in [0.2, 0.25) is 0 Å². The first kappa shape index (κ1) is 15.3. The molecule has 1 aliphatic rings. The Labute approximate surface area is 118 Å². The van der Waals surface area contributed by atoms with Gasteiger partial charge in [0.15, 0.2) is 0 Å². The highest BCUT2D eigenvalue weighted by Gasteiger charge is 2.39. The number of hydrogen-bond donors (Lipinski definition) is 3. The summed E-state index contributed by atoms with van der Waals surface area (Å²) in [5.74, 6) is -0.751. The fourth-order valence-corrected chi connectivity index (χ4v) is 2.02. The standard InChI is InChI=1S/C13H14F3N3O2/c14-13(15,16)8-3-1-7(2-4-8)5-10(20)19-11-9(6-17)18-12(11)21/h1-4,9,11H,5-6,17H2,(H,18,21)(H,19,20). The van der Waals surface area contributed by atoms with Gasteiger partial charge in [0, 0.05) is 6.54 Å². The molecule has 0 radical (unpaired) electrons. The Morgan fingerprint density at radius 1 is 1.29 bits per heavy atom. The van der Waals surface area contributed by atoms with E-state index in [4.69, 9.17) is 5.73 Å². The first-order valence-corrected chi connectivity index (χ1v) is 6.27. The zero-order valence-electron chi connectivity index (χ0n) is 10.9. The number of alkyl halides is 3. The number of nitrogens with one attached hydrogen (secondary N) is 2. The quantitative estimate of drug-likeness (QED) is 0.694. The van der Waals surface area contributed by atoms with E-state index in [1.807, 2.05) is 0 Å². The average Bonchev–Trinajstić information content (AvgIpc) is 2.41. The Kier molecular flexibility index (Phi) is 4.17. The number of halogens is 3. The predicted molar refractivity (Wildman–Crippen MR) is 68.1 cm³/mol. The van der Waals surface area contributed by atoms with Crippen molar-refractivity contribution in [2.45, 2.75) is 24.7 Å². The molecule has 4 N–H and O–H groups in total. The maximum atomic E-state index is 12.4. The highest BCUT2D eigenvalue weighted by Crippen LogP contribution is 2.29. The van der Waals surface area contributed by atoms with Crippen LogP contribution in [0.4, 0.5) is 13.2 Å². The molecule has 5 nitrogen and oxygen atoms in total. The monoisotopic (exact) mass is 301 g/mol. The van der Waals surface area contributed by atoms with Crippen LogP contribution < -0.4 is 16.4 Å². The van der Waals surface area contributed by atoms with Gasteiger partial charge in [-0.05, 0) is 17.7 Å². The molecule has 0 aromatic heterocycles. The van der Waals surface area contributed by atoms with Crippen molar-refractivity contribution in [1.29, 1.82) is 0 Å². The molecule has 1 fully saturated rings. The van der Waals surface area contributed by atoms with Crippen molar-refractivity contribution in [1.82, 2.24) is 10.6 Å². The van der Waals surface area contributed by atoms with E-state index in [1.54, 1.807) is 0 Å². The first-order chi connectivity index (χ1) is 9.81. The summed E-state index contributed by atoms with van der Waals surface area (Å²) in [5.41, 5.74) is 5.06. The Hall–Kier alpha value is -2.09. The smallest absolute Gasteiger partial charge is 0.348 e. The molecule has 1 aromatic rings. The molecule has 1 heterocycles. The molecule has 2 unspecified atom stereocenters. The van der Waals surface area contributed by atoms with E-state index in [-0.39, 0.29) is 24.9 Å². The van der Waals surface area contributed by atoms with Crippen LogP contribution in [0.15, 0.2) is 24.3 Å². The number of nitrogens with two attached hydrogens (primary N) is 1. The molecule has 1 aliphatic heterocycles. The minimum atomic E-state index is -4.40. The highest BCUT2D eigenvalue weighted by atomic mass is 19.4. The van der Waals surface area contributed by atoms with Crippen LogP contribution in [0.25, 0.3) is 0 Å². The van der Waals surface area contributed by atoms with Crippen LogP contribution in [-0.4, -0.2) is 30.4 Å². The second kappa shape index (κ2) is 5.72. The summed E-state index contributed by atoms with van der Waals surface area (Å²) in [7, 11) is 0. The van der Waals surface area contributed by atoms with Gasteiger partial charge in [-0.2, -0.15) is 13.2 Å². The second-order valence-corrected chi connectivity index (χ2v) is 4.77. The highest BCUT2D eigenvalue weighted by molar-refractivity contribution is 5.93. The van der Waals surface area contributed by atoms with Crippen LogP contribution in [0, 0.1) is 0 Å². The largest absolute Gasteiger partial charge is 0.416 e. The van der Waals surface area contributed by atoms with Crippen molar-refractivity contribution in [3.05, 3.63) is 35.4 Å². The zero-order chi connectivity index (χ0) is 15.6. The number of β-lactam (4-membered cyclic amide) rings is 1. The third-order valence-corrected chi connectivity index (χ3v) is 3.23. The SMILES string of the molecule is NCC1NC(=O)C1NC(=O)Cc1ccc(C(F)(F)F)cc1. The van der Waals surface area contributed by atoms with Crippen molar-refractivity contribution in [3.63, 3.8) is 0 Å². The molecule has 2 atom stereocenters. The second-order valence-electron chi connectivity index (χ2n) is 4.77. The lowest BCUT2D eigenvalue weighted by atomic mass is 9.98. The molecule has 8 heteroatoms. The maximum Gasteiger partial charge on any atom is 0.416 e. The summed E-state index contributed by atoms with van der Waals surface area (Å²) in [4.78, 5) is 23.0. The topological polar surface area (TPSA) is 84.2 Å². The van der Waals surface area contributed by atoms with Gasteiger partial charge >= 0.3 is 6.18 Å². The number of rotatable bonds is 4. The third-order valence-electron chi connectivity index (χ3n) is 3.23. The first-order valence-electron chi connectivity index (χ1n) is 6.27. The lowest BCUT2D eigenvalue weighted by molar-refractivity contribution is -0.137. The maximum absolute atomic E-state index is 12.4. The molecular weight excluding hydrogens is 287 g/mol. The average molecular weight is 301 g/mol. The van der Waals surface area contributed by atoms with Crippen molar-refractivity contribution < 1.29 is 22.8 Å². The van der Waals surface area contributed by atoms with Crippen molar-refractivity contribution in [2.75, 3.05) is 6.54 Å². The van der Waals surface area contributed by atoms with Gasteiger partial charge in [-0.3, -0.25) is 9.59 Å². The summed E-state index contributed by atoms with van der Waals surface area (Å²) in [5, 5.41) is 5.04. The molecule has 1 aromatic carbocycles. The number of benzene rings is 1. The summed E-state index contributed by atoms with van der Waals surface area (Å²) in [6.07, 6.45) is -4.50. The van der Waals surface area contributed by atoms with Crippen LogP contribution in [-0.2, 0) is 22.2 Å². The summed E-state index contributed by atoms with van der Waals surface area (Å²) < 4.78 is 37.2. The Bertz CT molecular complexity index is 543. The molecule has 0 spiro atoms. The summed E-state index contributed by atoms with van der Waals surface area (Å²) >= 11 is 0. The lowest BCUT2D eigenvalue weighted by Gasteiger charge is -2.36. The minimum absolute atomic E-state index is 0.0980. The fraction of sp³-hybridized carbons (Fsp3) is 0.385. The number of carbonyl (C=O) groups excluding carboxylic acids is 2. The lowest BCUT2D eigenvalue weighted by Crippen LogP contribution is -2.71. The van der Waals surface area contributed by atoms with E-state index in [9.17, 15) is 22.8 Å². The van der Waals surface area contributed by atoms with E-state index in [0.29, 0.717) is 5.56 Å². The van der Waals surface area contributed by atoms with E-state index >= 15 is 0 Å². The van der Waals surface area contributed by atoms with Crippen LogP contribution in [0.3, 0.4) is 0 Å². The molecule has 2 rings (SSSR count). The Morgan fingerprint density at radius 2 is 1.90 bits per heavy atom. The Morgan fingerprint density at radius 3 is 2.38 bits per heavy atom. The van der Waals surface area contributed by atoms with Gasteiger partial charge in [0.05, 0.1) is 18.0 Å². The van der Waals surface area contributed by atoms with E-state index < -0.39 is 23.7 Å². The van der Waals surface area contributed by atoms with Crippen molar-refractivity contribution >= 4 is 11.8 Å². The molecule has 0 saturated carbocycles. The number of hydrogen-bond acceptors (Lipinski definition) is 3. The molecule has 2 amide bonds. The molecule has 114 valence electrons. The number of amides is 2. The van der Waals surface area contributed by atoms with E-state index in [1.165, 1.54) is 12.1 Å². The van der Waals surface area contributed by atoms with Gasteiger partial charge in [-0.15, -0.1) is 0 Å². The summed E-state index contributed by atoms with van der Waals surface area (Å²) in [6.45, 7) is 0.205. The fourth-order valence-electron chi connectivity index (χ4n) is 2.02. The molecular formula is C13H14F3N3O2. The van der Waals surface area contributed by atoms with Gasteiger partial charge in [-0.25, -0.2) is 0 Å². The van der Waals surface area contributed by atoms with E-state index in [0.717, 1.165) is 12.1 Å². The van der Waals surface area contributed by atoms with Crippen LogP contribution in [0.5, 0.6) is 0 Å². The molecule has 1 saturated heterocycles. The van der Waals surface area contributed by atoms with Crippen molar-refractivity contribution in [3.8, 4) is 0 Å². The number of carbonyl (C=O) groups is 2. The van der Waals surface area contributed by atoms with E-state index in [2.05, 4.69) is 10.6 Å². The van der Waals surface area contributed by atoms with Crippen molar-refractivity contribution in [2.24, 2.45) is 5.73 Å². The van der Waals surface area contributed by atoms with Gasteiger partial charge in [0.2, 0.25) is 11.8 Å². The predicted octanol–water partition coefficient (Wildman–Crippen LogP) is 0.190. The molecule has 0 bridgehead atoms. The van der Waals surface area contributed by atoms with Gasteiger partial charge in [0.1, 0.15) is 6.04 Å². The zero-order valence-corrected chi connectivity index (χ0v) is 10.9. The molecule has 21 heavy (non-hydrogen) atoms. The van der Waals surface area contributed by atoms with Gasteiger partial charge < -0.3 is 16.4 Å². The Balaban J connectivity index is 1.92. The van der Waals surface area contributed by atoms with Crippen LogP contribution >= 0.6 is 0 Å². The minimum Gasteiger partial charge on any atom is -0.348 e. The van der Waals surface area contributed by atoms with Gasteiger partial charge in [-0.1, -0.05) is 12.1 Å². The molecule has 0 aliphatic carbocycles. The van der Waals surface area contributed by atoms with Gasteiger partial charge in [0.25, 0.3) is 0 Å². The third kappa shape index (κ3) is 3.52.